The van der Waals surface area contributed by atoms with Gasteiger partial charge in [0.15, 0.2) is 6.61 Å². The largest absolute Gasteiger partial charge is 0.454 e. The van der Waals surface area contributed by atoms with Crippen molar-refractivity contribution in [3.8, 4) is 11.4 Å². The number of amides is 1. The van der Waals surface area contributed by atoms with Gasteiger partial charge in [0.05, 0.1) is 15.5 Å². The number of aromatic nitrogens is 2. The summed E-state index contributed by atoms with van der Waals surface area (Å²) in [5, 5.41) is 17.2. The third kappa shape index (κ3) is 5.92. The molecular weight excluding hydrogens is 452 g/mol. The fourth-order valence-electron chi connectivity index (χ4n) is 2.87. The maximum atomic E-state index is 12.6. The van der Waals surface area contributed by atoms with E-state index in [4.69, 9.17) is 20.9 Å². The number of nitro groups is 1. The van der Waals surface area contributed by atoms with Crippen LogP contribution in [-0.2, 0) is 16.1 Å². The van der Waals surface area contributed by atoms with Crippen molar-refractivity contribution in [2.75, 3.05) is 0 Å². The summed E-state index contributed by atoms with van der Waals surface area (Å²) in [6, 6.07) is 9.99. The van der Waals surface area contributed by atoms with Gasteiger partial charge in [-0.1, -0.05) is 60.4 Å². The molecule has 1 atom stereocenters. The molecule has 1 aromatic heterocycles. The van der Waals surface area contributed by atoms with E-state index in [1.165, 1.54) is 6.07 Å². The summed E-state index contributed by atoms with van der Waals surface area (Å²) in [6.07, 6.45) is 0. The number of nitrogens with zero attached hydrogens (tertiary/aromatic N) is 3. The van der Waals surface area contributed by atoms with Crippen LogP contribution in [0.15, 0.2) is 47.0 Å². The average Bonchev–Trinajstić information content (AvgIpc) is 3.24. The summed E-state index contributed by atoms with van der Waals surface area (Å²) >= 11 is 6.00. The Morgan fingerprint density at radius 2 is 1.91 bits per heavy atom. The minimum absolute atomic E-state index is 0.000331. The SMILES string of the molecule is Cc1ccc(-c2noc(COC(=O)[C@@H](NC(=O)c3ccc([N+](=O)[O-])cc3Cl)C(C)C)n2)cc1. The third-order valence-corrected chi connectivity index (χ3v) is 5.04. The molecule has 1 amide bonds. The third-order valence-electron chi connectivity index (χ3n) is 4.73. The van der Waals surface area contributed by atoms with Crippen molar-refractivity contribution in [1.82, 2.24) is 15.5 Å². The molecule has 0 aliphatic rings. The van der Waals surface area contributed by atoms with Crippen molar-refractivity contribution in [3.63, 3.8) is 0 Å². The van der Waals surface area contributed by atoms with Gasteiger partial charge in [0.2, 0.25) is 5.82 Å². The van der Waals surface area contributed by atoms with E-state index in [1.807, 2.05) is 31.2 Å². The number of nitrogens with one attached hydrogen (secondary N) is 1. The Kier molecular flexibility index (Phi) is 7.39. The lowest BCUT2D eigenvalue weighted by molar-refractivity contribution is -0.384. The zero-order valence-electron chi connectivity index (χ0n) is 18.1. The van der Waals surface area contributed by atoms with E-state index in [0.29, 0.717) is 5.82 Å². The second-order valence-electron chi connectivity index (χ2n) is 7.60. The van der Waals surface area contributed by atoms with Crippen LogP contribution in [-0.4, -0.2) is 33.0 Å². The lowest BCUT2D eigenvalue weighted by Gasteiger charge is -2.20. The number of hydrogen-bond acceptors (Lipinski definition) is 8. The van der Waals surface area contributed by atoms with Crippen LogP contribution in [0.4, 0.5) is 5.69 Å². The molecule has 0 aliphatic heterocycles. The first-order valence-electron chi connectivity index (χ1n) is 9.96. The number of benzene rings is 2. The van der Waals surface area contributed by atoms with E-state index in [1.54, 1.807) is 13.8 Å². The Bertz CT molecular complexity index is 1180. The standard InChI is InChI=1S/C22H21ClN4O6/c1-12(2)19(25-21(28)16-9-8-15(27(30)31)10-17(16)23)22(29)32-11-18-24-20(26-33-18)14-6-4-13(3)5-7-14/h4-10,12,19H,11H2,1-3H3,(H,25,28)/t19-/m0/s1. The van der Waals surface area contributed by atoms with Crippen molar-refractivity contribution in [3.05, 3.63) is 74.6 Å². The highest BCUT2D eigenvalue weighted by Gasteiger charge is 2.28. The van der Waals surface area contributed by atoms with Crippen molar-refractivity contribution >= 4 is 29.2 Å². The number of esters is 1. The van der Waals surface area contributed by atoms with Gasteiger partial charge < -0.3 is 14.6 Å². The minimum Gasteiger partial charge on any atom is -0.454 e. The molecule has 0 radical (unpaired) electrons. The molecule has 0 bridgehead atoms. The van der Waals surface area contributed by atoms with Crippen LogP contribution in [0.1, 0.15) is 35.7 Å². The molecule has 10 nitrogen and oxygen atoms in total. The molecule has 0 unspecified atom stereocenters. The Morgan fingerprint density at radius 3 is 2.52 bits per heavy atom. The van der Waals surface area contributed by atoms with Gasteiger partial charge in [-0.2, -0.15) is 4.98 Å². The number of rotatable bonds is 8. The summed E-state index contributed by atoms with van der Waals surface area (Å²) in [5.74, 6) is -1.21. The van der Waals surface area contributed by atoms with Crippen LogP contribution in [0, 0.1) is 23.0 Å². The van der Waals surface area contributed by atoms with E-state index >= 15 is 0 Å². The molecule has 0 saturated carbocycles. The highest BCUT2D eigenvalue weighted by atomic mass is 35.5. The van der Waals surface area contributed by atoms with E-state index in [2.05, 4.69) is 15.5 Å². The molecule has 3 rings (SSSR count). The summed E-state index contributed by atoms with van der Waals surface area (Å²) in [7, 11) is 0. The maximum Gasteiger partial charge on any atom is 0.329 e. The molecule has 2 aromatic carbocycles. The number of halogens is 1. The van der Waals surface area contributed by atoms with Crippen LogP contribution in [0.5, 0.6) is 0 Å². The molecule has 33 heavy (non-hydrogen) atoms. The molecule has 3 aromatic rings. The highest BCUT2D eigenvalue weighted by Crippen LogP contribution is 2.23. The Hall–Kier alpha value is -3.79. The van der Waals surface area contributed by atoms with Gasteiger partial charge in [0, 0.05) is 17.7 Å². The van der Waals surface area contributed by atoms with Crippen LogP contribution >= 0.6 is 11.6 Å². The van der Waals surface area contributed by atoms with Gasteiger partial charge in [0.1, 0.15) is 6.04 Å². The van der Waals surface area contributed by atoms with Gasteiger partial charge in [-0.15, -0.1) is 0 Å². The van der Waals surface area contributed by atoms with Gasteiger partial charge in [-0.3, -0.25) is 14.9 Å². The fourth-order valence-corrected chi connectivity index (χ4v) is 3.14. The zero-order chi connectivity index (χ0) is 24.1. The first-order chi connectivity index (χ1) is 15.7. The Morgan fingerprint density at radius 1 is 1.21 bits per heavy atom. The number of ether oxygens (including phenoxy) is 1. The first-order valence-corrected chi connectivity index (χ1v) is 10.3. The second kappa shape index (κ2) is 10.2. The number of nitro benzene ring substituents is 1. The number of non-ortho nitro benzene ring substituents is 1. The number of hydrogen-bond donors (Lipinski definition) is 1. The molecular formula is C22H21ClN4O6. The predicted octanol–water partition coefficient (Wildman–Crippen LogP) is 4.10. The second-order valence-corrected chi connectivity index (χ2v) is 8.01. The van der Waals surface area contributed by atoms with E-state index in [-0.39, 0.29) is 34.7 Å². The molecule has 172 valence electrons. The highest BCUT2D eigenvalue weighted by molar-refractivity contribution is 6.34. The quantitative estimate of drug-likeness (QED) is 0.293. The molecule has 0 spiro atoms. The molecule has 0 fully saturated rings. The summed E-state index contributed by atoms with van der Waals surface area (Å²) in [4.78, 5) is 39.7. The fraction of sp³-hybridized carbons (Fsp3) is 0.273. The van der Waals surface area contributed by atoms with Gasteiger partial charge in [-0.05, 0) is 18.9 Å². The van der Waals surface area contributed by atoms with Crippen molar-refractivity contribution in [2.45, 2.75) is 33.4 Å². The molecule has 11 heteroatoms. The van der Waals surface area contributed by atoms with Crippen molar-refractivity contribution in [1.29, 1.82) is 0 Å². The number of carbonyl (C=O) groups excluding carboxylic acids is 2. The van der Waals surface area contributed by atoms with Crippen molar-refractivity contribution < 1.29 is 23.8 Å². The number of carbonyl (C=O) groups is 2. The van der Waals surface area contributed by atoms with Gasteiger partial charge in [-0.25, -0.2) is 4.79 Å². The summed E-state index contributed by atoms with van der Waals surface area (Å²) in [5.41, 5.74) is 1.60. The monoisotopic (exact) mass is 472 g/mol. The van der Waals surface area contributed by atoms with Crippen LogP contribution < -0.4 is 5.32 Å². The van der Waals surface area contributed by atoms with Crippen LogP contribution in [0.2, 0.25) is 5.02 Å². The smallest absolute Gasteiger partial charge is 0.329 e. The molecule has 0 aliphatic carbocycles. The molecule has 1 heterocycles. The van der Waals surface area contributed by atoms with Gasteiger partial charge >= 0.3 is 5.97 Å². The van der Waals surface area contributed by atoms with E-state index in [9.17, 15) is 19.7 Å². The lowest BCUT2D eigenvalue weighted by Crippen LogP contribution is -2.45. The Balaban J connectivity index is 1.64. The average molecular weight is 473 g/mol. The van der Waals surface area contributed by atoms with Gasteiger partial charge in [0.25, 0.3) is 17.5 Å². The lowest BCUT2D eigenvalue weighted by atomic mass is 10.0. The summed E-state index contributed by atoms with van der Waals surface area (Å²) in [6.45, 7) is 5.15. The Labute approximate surface area is 194 Å². The predicted molar refractivity (Wildman–Crippen MR) is 118 cm³/mol. The van der Waals surface area contributed by atoms with Crippen LogP contribution in [0.25, 0.3) is 11.4 Å². The van der Waals surface area contributed by atoms with E-state index < -0.39 is 22.8 Å². The maximum absolute atomic E-state index is 12.6. The van der Waals surface area contributed by atoms with Crippen molar-refractivity contribution in [2.24, 2.45) is 5.92 Å². The molecule has 1 N–H and O–H groups in total. The minimum atomic E-state index is -0.997. The van der Waals surface area contributed by atoms with E-state index in [0.717, 1.165) is 23.3 Å². The van der Waals surface area contributed by atoms with Crippen LogP contribution in [0.3, 0.4) is 0 Å². The zero-order valence-corrected chi connectivity index (χ0v) is 18.8. The summed E-state index contributed by atoms with van der Waals surface area (Å²) < 4.78 is 10.4. The normalized spacial score (nSPS) is 11.8. The topological polar surface area (TPSA) is 137 Å². The first kappa shape index (κ1) is 23.9. The molecule has 0 saturated heterocycles. The number of aryl methyl sites for hydroxylation is 1.